The van der Waals surface area contributed by atoms with Crippen LogP contribution in [0.5, 0.6) is 0 Å². The quantitative estimate of drug-likeness (QED) is 0.829. The van der Waals surface area contributed by atoms with E-state index in [0.29, 0.717) is 0 Å². The summed E-state index contributed by atoms with van der Waals surface area (Å²) in [5.41, 5.74) is 1.68. The summed E-state index contributed by atoms with van der Waals surface area (Å²) >= 11 is 0. The molecule has 1 amide bonds. The Morgan fingerprint density at radius 1 is 1.11 bits per heavy atom. The van der Waals surface area contributed by atoms with Crippen LogP contribution >= 0.6 is 0 Å². The van der Waals surface area contributed by atoms with E-state index in [1.54, 1.807) is 6.20 Å². The molecule has 1 aromatic heterocycles. The van der Waals surface area contributed by atoms with Crippen LogP contribution in [0.25, 0.3) is 11.3 Å². The van der Waals surface area contributed by atoms with E-state index in [0.717, 1.165) is 42.8 Å². The molecule has 3 rings (SSSR count). The monoisotopic (exact) mass is 256 g/mol. The van der Waals surface area contributed by atoms with Crippen LogP contribution in [0, 0.1) is 0 Å². The van der Waals surface area contributed by atoms with Gasteiger partial charge in [0, 0.05) is 24.2 Å². The van der Waals surface area contributed by atoms with E-state index in [9.17, 15) is 4.79 Å². The van der Waals surface area contributed by atoms with Crippen molar-refractivity contribution in [1.29, 1.82) is 0 Å². The molecule has 0 saturated carbocycles. The van der Waals surface area contributed by atoms with Crippen LogP contribution in [0.15, 0.2) is 41.3 Å². The molecule has 1 aliphatic rings. The number of benzene rings is 1. The van der Waals surface area contributed by atoms with Crippen molar-refractivity contribution in [2.75, 3.05) is 13.1 Å². The van der Waals surface area contributed by atoms with Crippen molar-refractivity contribution < 1.29 is 9.21 Å². The molecule has 1 fully saturated rings. The van der Waals surface area contributed by atoms with Gasteiger partial charge < -0.3 is 9.32 Å². The van der Waals surface area contributed by atoms with E-state index in [-0.39, 0.29) is 5.91 Å². The van der Waals surface area contributed by atoms with E-state index in [4.69, 9.17) is 4.42 Å². The summed E-state index contributed by atoms with van der Waals surface area (Å²) in [4.78, 5) is 18.1. The Kier molecular flexibility index (Phi) is 3.31. The summed E-state index contributed by atoms with van der Waals surface area (Å²) in [6.07, 6.45) is 6.53. The first-order valence-electron chi connectivity index (χ1n) is 6.63. The van der Waals surface area contributed by atoms with Crippen molar-refractivity contribution in [2.24, 2.45) is 0 Å². The molecule has 98 valence electrons. The van der Waals surface area contributed by atoms with Gasteiger partial charge in [-0.2, -0.15) is 0 Å². The number of carbonyl (C=O) groups excluding carboxylic acids is 1. The fraction of sp³-hybridized carbons (Fsp3) is 0.333. The van der Waals surface area contributed by atoms with Crippen molar-refractivity contribution >= 4 is 5.91 Å². The SMILES string of the molecule is O=C(c1ccc(-c2cnco2)cc1)N1CCCCC1. The highest BCUT2D eigenvalue weighted by Crippen LogP contribution is 2.20. The van der Waals surface area contributed by atoms with Crippen molar-refractivity contribution in [3.8, 4) is 11.3 Å². The van der Waals surface area contributed by atoms with E-state index in [1.165, 1.54) is 12.8 Å². The minimum absolute atomic E-state index is 0.129. The molecule has 1 aromatic carbocycles. The molecular formula is C15H16N2O2. The maximum absolute atomic E-state index is 12.3. The van der Waals surface area contributed by atoms with Gasteiger partial charge in [-0.15, -0.1) is 0 Å². The number of rotatable bonds is 2. The summed E-state index contributed by atoms with van der Waals surface area (Å²) in [6, 6.07) is 7.51. The zero-order valence-corrected chi connectivity index (χ0v) is 10.7. The zero-order chi connectivity index (χ0) is 13.1. The molecule has 0 radical (unpaired) electrons. The largest absolute Gasteiger partial charge is 0.444 e. The number of hydrogen-bond acceptors (Lipinski definition) is 3. The van der Waals surface area contributed by atoms with Gasteiger partial charge in [-0.05, 0) is 31.4 Å². The maximum atomic E-state index is 12.3. The molecule has 1 aliphatic heterocycles. The average Bonchev–Trinajstić information content (AvgIpc) is 3.02. The molecule has 1 saturated heterocycles. The number of piperidine rings is 1. The zero-order valence-electron chi connectivity index (χ0n) is 10.7. The highest BCUT2D eigenvalue weighted by Gasteiger charge is 2.18. The topological polar surface area (TPSA) is 46.3 Å². The lowest BCUT2D eigenvalue weighted by Gasteiger charge is -2.26. The normalized spacial score (nSPS) is 15.5. The van der Waals surface area contributed by atoms with Gasteiger partial charge in [0.1, 0.15) is 0 Å². The Morgan fingerprint density at radius 2 is 1.84 bits per heavy atom. The predicted molar refractivity (Wildman–Crippen MR) is 71.7 cm³/mol. The van der Waals surface area contributed by atoms with Crippen LogP contribution in [0.4, 0.5) is 0 Å². The first kappa shape index (κ1) is 12.0. The lowest BCUT2D eigenvalue weighted by Crippen LogP contribution is -2.35. The summed E-state index contributed by atoms with van der Waals surface area (Å²) in [5.74, 6) is 0.848. The summed E-state index contributed by atoms with van der Waals surface area (Å²) in [5, 5.41) is 0. The van der Waals surface area contributed by atoms with Crippen LogP contribution in [-0.4, -0.2) is 28.9 Å². The first-order chi connectivity index (χ1) is 9.34. The summed E-state index contributed by atoms with van der Waals surface area (Å²) in [6.45, 7) is 1.76. The second-order valence-corrected chi connectivity index (χ2v) is 4.80. The number of likely N-dealkylation sites (tertiary alicyclic amines) is 1. The Hall–Kier alpha value is -2.10. The lowest BCUT2D eigenvalue weighted by molar-refractivity contribution is 0.0724. The van der Waals surface area contributed by atoms with Crippen LogP contribution in [0.1, 0.15) is 29.6 Å². The van der Waals surface area contributed by atoms with Crippen molar-refractivity contribution in [2.45, 2.75) is 19.3 Å². The standard InChI is InChI=1S/C15H16N2O2/c18-15(17-8-2-1-3-9-17)13-6-4-12(5-7-13)14-10-16-11-19-14/h4-7,10-11H,1-3,8-9H2. The number of oxazole rings is 1. The van der Waals surface area contributed by atoms with Gasteiger partial charge in [0.15, 0.2) is 12.2 Å². The number of amides is 1. The first-order valence-corrected chi connectivity index (χ1v) is 6.63. The van der Waals surface area contributed by atoms with Crippen molar-refractivity contribution in [3.63, 3.8) is 0 Å². The highest BCUT2D eigenvalue weighted by atomic mass is 16.3. The molecule has 0 N–H and O–H groups in total. The molecule has 2 heterocycles. The van der Waals surface area contributed by atoms with Crippen molar-refractivity contribution in [1.82, 2.24) is 9.88 Å². The average molecular weight is 256 g/mol. The molecule has 19 heavy (non-hydrogen) atoms. The van der Waals surface area contributed by atoms with E-state index >= 15 is 0 Å². The van der Waals surface area contributed by atoms with Gasteiger partial charge in [-0.25, -0.2) is 4.98 Å². The molecule has 2 aromatic rings. The fourth-order valence-electron chi connectivity index (χ4n) is 2.41. The van der Waals surface area contributed by atoms with Gasteiger partial charge in [0.2, 0.25) is 0 Å². The second kappa shape index (κ2) is 5.26. The second-order valence-electron chi connectivity index (χ2n) is 4.80. The van der Waals surface area contributed by atoms with Gasteiger partial charge in [0.25, 0.3) is 5.91 Å². The van der Waals surface area contributed by atoms with E-state index < -0.39 is 0 Å². The third-order valence-electron chi connectivity index (χ3n) is 3.49. The van der Waals surface area contributed by atoms with Crippen LogP contribution < -0.4 is 0 Å². The Morgan fingerprint density at radius 3 is 2.47 bits per heavy atom. The minimum atomic E-state index is 0.129. The lowest BCUT2D eigenvalue weighted by atomic mass is 10.1. The smallest absolute Gasteiger partial charge is 0.253 e. The number of nitrogens with zero attached hydrogens (tertiary/aromatic N) is 2. The number of aromatic nitrogens is 1. The van der Waals surface area contributed by atoms with E-state index in [2.05, 4.69) is 4.98 Å². The number of hydrogen-bond donors (Lipinski definition) is 0. The van der Waals surface area contributed by atoms with Crippen LogP contribution in [0.2, 0.25) is 0 Å². The Balaban J connectivity index is 1.76. The van der Waals surface area contributed by atoms with Gasteiger partial charge in [0.05, 0.1) is 6.20 Å². The Bertz CT molecular complexity index is 540. The van der Waals surface area contributed by atoms with Crippen LogP contribution in [0.3, 0.4) is 0 Å². The van der Waals surface area contributed by atoms with E-state index in [1.807, 2.05) is 29.2 Å². The molecule has 4 nitrogen and oxygen atoms in total. The third kappa shape index (κ3) is 2.52. The molecular weight excluding hydrogens is 240 g/mol. The molecule has 0 unspecified atom stereocenters. The van der Waals surface area contributed by atoms with Gasteiger partial charge in [-0.1, -0.05) is 12.1 Å². The molecule has 0 aliphatic carbocycles. The summed E-state index contributed by atoms with van der Waals surface area (Å²) in [7, 11) is 0. The molecule has 0 atom stereocenters. The molecule has 0 spiro atoms. The van der Waals surface area contributed by atoms with Crippen LogP contribution in [-0.2, 0) is 0 Å². The minimum Gasteiger partial charge on any atom is -0.444 e. The Labute approximate surface area is 112 Å². The molecule has 4 heteroatoms. The van der Waals surface area contributed by atoms with Gasteiger partial charge in [-0.3, -0.25) is 4.79 Å². The molecule has 0 bridgehead atoms. The predicted octanol–water partition coefficient (Wildman–Crippen LogP) is 2.97. The fourth-order valence-corrected chi connectivity index (χ4v) is 2.41. The maximum Gasteiger partial charge on any atom is 0.253 e. The van der Waals surface area contributed by atoms with Crippen molar-refractivity contribution in [3.05, 3.63) is 42.4 Å². The van der Waals surface area contributed by atoms with Gasteiger partial charge >= 0.3 is 0 Å². The third-order valence-corrected chi connectivity index (χ3v) is 3.49. The summed E-state index contributed by atoms with van der Waals surface area (Å²) < 4.78 is 5.23. The number of carbonyl (C=O) groups is 1. The highest BCUT2D eigenvalue weighted by molar-refractivity contribution is 5.94.